The van der Waals surface area contributed by atoms with Crippen molar-refractivity contribution in [3.8, 4) is 11.5 Å². The highest BCUT2D eigenvalue weighted by Gasteiger charge is 2.37. The summed E-state index contributed by atoms with van der Waals surface area (Å²) in [4.78, 5) is 10.7. The summed E-state index contributed by atoms with van der Waals surface area (Å²) in [7, 11) is 1.59. The number of carbonyl (C=O) groups is 1. The largest absolute Gasteiger partial charge is 0.497 e. The molecule has 2 rings (SSSR count). The van der Waals surface area contributed by atoms with Gasteiger partial charge in [0.05, 0.1) is 13.5 Å². The maximum absolute atomic E-state index is 10.7. The average Bonchev–Trinajstić information content (AvgIpc) is 2.50. The first kappa shape index (κ1) is 10.8. The summed E-state index contributed by atoms with van der Waals surface area (Å²) in [5, 5.41) is 8.81. The van der Waals surface area contributed by atoms with E-state index in [-0.39, 0.29) is 6.42 Å². The maximum atomic E-state index is 10.7. The fourth-order valence-electron chi connectivity index (χ4n) is 2.03. The van der Waals surface area contributed by atoms with Gasteiger partial charge in [0.1, 0.15) is 17.1 Å². The van der Waals surface area contributed by atoms with Crippen LogP contribution in [0.25, 0.3) is 0 Å². The molecule has 1 aromatic rings. The standard InChI is InChI=1S/C12H14O4/c1-12(7-11(13)14)6-8-3-4-9(15-2)5-10(8)16-12/h3-5H,6-7H2,1-2H3,(H,13,14). The van der Waals surface area contributed by atoms with Crippen molar-refractivity contribution in [2.75, 3.05) is 7.11 Å². The van der Waals surface area contributed by atoms with Crippen LogP contribution in [-0.4, -0.2) is 23.8 Å². The first-order valence-corrected chi connectivity index (χ1v) is 5.10. The predicted octanol–water partition coefficient (Wildman–Crippen LogP) is 1.86. The minimum absolute atomic E-state index is 0.00396. The Morgan fingerprint density at radius 1 is 1.62 bits per heavy atom. The number of hydrogen-bond acceptors (Lipinski definition) is 3. The Bertz CT molecular complexity index is 427. The average molecular weight is 222 g/mol. The predicted molar refractivity (Wildman–Crippen MR) is 58.0 cm³/mol. The van der Waals surface area contributed by atoms with Gasteiger partial charge in [-0.15, -0.1) is 0 Å². The molecule has 0 aliphatic carbocycles. The summed E-state index contributed by atoms with van der Waals surface area (Å²) in [6.07, 6.45) is 0.628. The van der Waals surface area contributed by atoms with Gasteiger partial charge >= 0.3 is 5.97 Å². The van der Waals surface area contributed by atoms with Gasteiger partial charge in [0.15, 0.2) is 0 Å². The summed E-state index contributed by atoms with van der Waals surface area (Å²) in [6, 6.07) is 5.57. The van der Waals surface area contributed by atoms with Crippen molar-refractivity contribution in [1.82, 2.24) is 0 Å². The van der Waals surface area contributed by atoms with Crippen LogP contribution in [0.5, 0.6) is 11.5 Å². The molecule has 86 valence electrons. The highest BCUT2D eigenvalue weighted by molar-refractivity contribution is 5.68. The Labute approximate surface area is 93.8 Å². The van der Waals surface area contributed by atoms with E-state index in [9.17, 15) is 4.79 Å². The summed E-state index contributed by atoms with van der Waals surface area (Å²) in [5.74, 6) is 0.601. The molecule has 1 atom stereocenters. The second kappa shape index (κ2) is 3.70. The SMILES string of the molecule is COc1ccc2c(c1)OC(C)(CC(=O)O)C2. The fraction of sp³-hybridized carbons (Fsp3) is 0.417. The number of carboxylic acids is 1. The third-order valence-electron chi connectivity index (χ3n) is 2.72. The minimum atomic E-state index is -0.845. The molecule has 1 N–H and O–H groups in total. The molecule has 0 fully saturated rings. The van der Waals surface area contributed by atoms with Gasteiger partial charge in [-0.3, -0.25) is 4.79 Å². The van der Waals surface area contributed by atoms with Gasteiger partial charge in [-0.1, -0.05) is 6.07 Å². The van der Waals surface area contributed by atoms with Crippen molar-refractivity contribution in [2.24, 2.45) is 0 Å². The van der Waals surface area contributed by atoms with Crippen LogP contribution in [0, 0.1) is 0 Å². The van der Waals surface area contributed by atoms with Crippen molar-refractivity contribution >= 4 is 5.97 Å². The summed E-state index contributed by atoms with van der Waals surface area (Å²) < 4.78 is 10.8. The molecule has 1 unspecified atom stereocenters. The summed E-state index contributed by atoms with van der Waals surface area (Å²) in [6.45, 7) is 1.81. The van der Waals surface area contributed by atoms with Crippen LogP contribution in [0.3, 0.4) is 0 Å². The Balaban J connectivity index is 2.23. The van der Waals surface area contributed by atoms with Crippen LogP contribution in [0.2, 0.25) is 0 Å². The van der Waals surface area contributed by atoms with Gasteiger partial charge in [-0.2, -0.15) is 0 Å². The Hall–Kier alpha value is -1.71. The molecule has 1 heterocycles. The number of benzene rings is 1. The lowest BCUT2D eigenvalue weighted by atomic mass is 9.96. The van der Waals surface area contributed by atoms with Crippen molar-refractivity contribution in [2.45, 2.75) is 25.4 Å². The molecule has 0 bridgehead atoms. The lowest BCUT2D eigenvalue weighted by Gasteiger charge is -2.21. The van der Waals surface area contributed by atoms with Crippen LogP contribution in [-0.2, 0) is 11.2 Å². The molecule has 0 saturated heterocycles. The van der Waals surface area contributed by atoms with E-state index >= 15 is 0 Å². The second-order valence-corrected chi connectivity index (χ2v) is 4.27. The molecule has 1 aliphatic heterocycles. The van der Waals surface area contributed by atoms with Gasteiger partial charge in [0, 0.05) is 12.5 Å². The van der Waals surface area contributed by atoms with Gasteiger partial charge in [0.2, 0.25) is 0 Å². The summed E-state index contributed by atoms with van der Waals surface area (Å²) >= 11 is 0. The number of methoxy groups -OCH3 is 1. The zero-order chi connectivity index (χ0) is 11.8. The quantitative estimate of drug-likeness (QED) is 0.848. The monoisotopic (exact) mass is 222 g/mol. The number of rotatable bonds is 3. The molecule has 0 amide bonds. The van der Waals surface area contributed by atoms with Crippen molar-refractivity contribution in [3.63, 3.8) is 0 Å². The minimum Gasteiger partial charge on any atom is -0.497 e. The number of hydrogen-bond donors (Lipinski definition) is 1. The molecule has 16 heavy (non-hydrogen) atoms. The van der Waals surface area contributed by atoms with E-state index < -0.39 is 11.6 Å². The van der Waals surface area contributed by atoms with E-state index in [0.717, 1.165) is 17.1 Å². The van der Waals surface area contributed by atoms with Crippen LogP contribution >= 0.6 is 0 Å². The van der Waals surface area contributed by atoms with Gasteiger partial charge < -0.3 is 14.6 Å². The van der Waals surface area contributed by atoms with Gasteiger partial charge in [0.25, 0.3) is 0 Å². The zero-order valence-corrected chi connectivity index (χ0v) is 9.32. The molecular weight excluding hydrogens is 208 g/mol. The number of aliphatic carboxylic acids is 1. The molecule has 0 aromatic heterocycles. The molecule has 0 radical (unpaired) electrons. The van der Waals surface area contributed by atoms with E-state index in [1.54, 1.807) is 13.2 Å². The molecular formula is C12H14O4. The molecule has 1 aliphatic rings. The molecule has 1 aromatic carbocycles. The molecule has 4 nitrogen and oxygen atoms in total. The zero-order valence-electron chi connectivity index (χ0n) is 9.32. The van der Waals surface area contributed by atoms with Crippen LogP contribution in [0.4, 0.5) is 0 Å². The Kier molecular flexibility index (Phi) is 2.50. The fourth-order valence-corrected chi connectivity index (χ4v) is 2.03. The van der Waals surface area contributed by atoms with E-state index in [1.807, 2.05) is 19.1 Å². The summed E-state index contributed by atoms with van der Waals surface area (Å²) in [5.41, 5.74) is 0.394. The Morgan fingerprint density at radius 2 is 2.38 bits per heavy atom. The van der Waals surface area contributed by atoms with E-state index in [0.29, 0.717) is 6.42 Å². The van der Waals surface area contributed by atoms with Crippen LogP contribution < -0.4 is 9.47 Å². The van der Waals surface area contributed by atoms with Gasteiger partial charge in [-0.25, -0.2) is 0 Å². The highest BCUT2D eigenvalue weighted by Crippen LogP contribution is 2.38. The third-order valence-corrected chi connectivity index (χ3v) is 2.72. The topological polar surface area (TPSA) is 55.8 Å². The van der Waals surface area contributed by atoms with Crippen LogP contribution in [0.15, 0.2) is 18.2 Å². The smallest absolute Gasteiger partial charge is 0.307 e. The molecule has 4 heteroatoms. The van der Waals surface area contributed by atoms with E-state index in [4.69, 9.17) is 14.6 Å². The van der Waals surface area contributed by atoms with Crippen molar-refractivity contribution in [3.05, 3.63) is 23.8 Å². The highest BCUT2D eigenvalue weighted by atomic mass is 16.5. The normalized spacial score (nSPS) is 22.4. The lowest BCUT2D eigenvalue weighted by Crippen LogP contribution is -2.33. The number of carboxylic acid groups (broad SMARTS) is 1. The maximum Gasteiger partial charge on any atom is 0.307 e. The molecule has 0 spiro atoms. The van der Waals surface area contributed by atoms with E-state index in [2.05, 4.69) is 0 Å². The lowest BCUT2D eigenvalue weighted by molar-refractivity contribution is -0.140. The van der Waals surface area contributed by atoms with Crippen LogP contribution in [0.1, 0.15) is 18.9 Å². The number of ether oxygens (including phenoxy) is 2. The van der Waals surface area contributed by atoms with Gasteiger partial charge in [-0.05, 0) is 18.6 Å². The van der Waals surface area contributed by atoms with Crippen molar-refractivity contribution < 1.29 is 19.4 Å². The van der Waals surface area contributed by atoms with E-state index in [1.165, 1.54) is 0 Å². The third kappa shape index (κ3) is 1.96. The molecule has 0 saturated carbocycles. The second-order valence-electron chi connectivity index (χ2n) is 4.27. The first-order valence-electron chi connectivity index (χ1n) is 5.10. The van der Waals surface area contributed by atoms with Crippen molar-refractivity contribution in [1.29, 1.82) is 0 Å². The first-order chi connectivity index (χ1) is 7.52. The Morgan fingerprint density at radius 3 is 3.00 bits per heavy atom. The number of fused-ring (bicyclic) bond motifs is 1.